The van der Waals surface area contributed by atoms with Gasteiger partial charge in [-0.05, 0) is 48.9 Å². The molecule has 1 aliphatic heterocycles. The van der Waals surface area contributed by atoms with Crippen LogP contribution in [0.25, 0.3) is 22.3 Å². The van der Waals surface area contributed by atoms with Crippen LogP contribution in [0.3, 0.4) is 0 Å². The van der Waals surface area contributed by atoms with Crippen LogP contribution in [-0.4, -0.2) is 56.3 Å². The average Bonchev–Trinajstić information content (AvgIpc) is 3.23. The van der Waals surface area contributed by atoms with E-state index in [0.29, 0.717) is 30.2 Å². The molecule has 1 aromatic carbocycles. The van der Waals surface area contributed by atoms with E-state index in [1.54, 1.807) is 12.5 Å². The lowest BCUT2D eigenvalue weighted by Gasteiger charge is -2.29. The maximum absolute atomic E-state index is 11.3. The van der Waals surface area contributed by atoms with Crippen molar-refractivity contribution in [3.05, 3.63) is 53.6 Å². The van der Waals surface area contributed by atoms with Crippen molar-refractivity contribution in [1.82, 2.24) is 24.9 Å². The molecule has 4 aromatic rings. The monoisotopic (exact) mass is 499 g/mol. The van der Waals surface area contributed by atoms with Crippen molar-refractivity contribution in [3.8, 4) is 16.9 Å². The second kappa shape index (κ2) is 9.34. The second-order valence-electron chi connectivity index (χ2n) is 9.73. The van der Waals surface area contributed by atoms with Gasteiger partial charge >= 0.3 is 6.09 Å². The first-order valence-corrected chi connectivity index (χ1v) is 12.7. The number of amides is 1. The lowest BCUT2D eigenvalue weighted by atomic mass is 9.85. The molecule has 37 heavy (non-hydrogen) atoms. The number of imidazole rings is 1. The Hall–Kier alpha value is -4.21. The minimum Gasteiger partial charge on any atom is -0.491 e. The first kappa shape index (κ1) is 23.2. The Labute approximate surface area is 214 Å². The van der Waals surface area contributed by atoms with Crippen LogP contribution in [0.4, 0.5) is 16.6 Å². The lowest BCUT2D eigenvalue weighted by Crippen LogP contribution is -2.29. The number of aromatic amines is 1. The number of carboxylic acid groups (broad SMARTS) is 1. The van der Waals surface area contributed by atoms with Gasteiger partial charge in [0, 0.05) is 42.2 Å². The van der Waals surface area contributed by atoms with Crippen molar-refractivity contribution in [1.29, 1.82) is 0 Å². The number of fused-ring (bicyclic) bond motifs is 3. The lowest BCUT2D eigenvalue weighted by molar-refractivity contribution is 0.203. The third kappa shape index (κ3) is 4.32. The van der Waals surface area contributed by atoms with Crippen molar-refractivity contribution >= 4 is 29.0 Å². The van der Waals surface area contributed by atoms with E-state index in [2.05, 4.69) is 37.8 Å². The largest absolute Gasteiger partial charge is 0.491 e. The van der Waals surface area contributed by atoms with Gasteiger partial charge < -0.3 is 19.7 Å². The fourth-order valence-electron chi connectivity index (χ4n) is 5.26. The van der Waals surface area contributed by atoms with E-state index < -0.39 is 6.09 Å². The summed E-state index contributed by atoms with van der Waals surface area (Å²) in [5.74, 6) is 2.84. The van der Waals surface area contributed by atoms with Crippen LogP contribution < -0.4 is 14.5 Å². The fraction of sp³-hybridized carbons (Fsp3) is 0.370. The number of aromatic nitrogens is 5. The Balaban J connectivity index is 1.31. The highest BCUT2D eigenvalue weighted by molar-refractivity contribution is 5.87. The predicted octanol–water partition coefficient (Wildman–Crippen LogP) is 4.44. The average molecular weight is 500 g/mol. The Kier molecular flexibility index (Phi) is 5.86. The molecule has 6 rings (SSSR count). The number of carbonyl (C=O) groups is 1. The van der Waals surface area contributed by atoms with Crippen LogP contribution in [0.5, 0.6) is 5.75 Å². The van der Waals surface area contributed by atoms with Crippen molar-refractivity contribution in [3.63, 3.8) is 0 Å². The number of anilines is 2. The first-order chi connectivity index (χ1) is 18.0. The van der Waals surface area contributed by atoms with Crippen LogP contribution in [-0.2, 0) is 19.4 Å². The van der Waals surface area contributed by atoms with Gasteiger partial charge in [0.15, 0.2) is 5.65 Å². The van der Waals surface area contributed by atoms with Gasteiger partial charge in [0.1, 0.15) is 24.5 Å². The summed E-state index contributed by atoms with van der Waals surface area (Å²) in [6.45, 7) is 4.29. The number of nitrogens with zero attached hydrogens (tertiary/aromatic N) is 6. The van der Waals surface area contributed by atoms with Crippen molar-refractivity contribution < 1.29 is 14.6 Å². The molecule has 0 radical (unpaired) electrons. The number of hydrogen-bond acceptors (Lipinski definition) is 7. The number of benzene rings is 1. The van der Waals surface area contributed by atoms with E-state index in [1.165, 1.54) is 31.1 Å². The Bertz CT molecular complexity index is 1480. The molecule has 1 atom stereocenters. The fourth-order valence-corrected chi connectivity index (χ4v) is 5.26. The van der Waals surface area contributed by atoms with Gasteiger partial charge in [-0.15, -0.1) is 0 Å². The first-order valence-electron chi connectivity index (χ1n) is 12.7. The van der Waals surface area contributed by atoms with Crippen molar-refractivity contribution in [2.24, 2.45) is 5.92 Å². The van der Waals surface area contributed by atoms with E-state index >= 15 is 0 Å². The SMILES string of the molecule is CC[C@H]1CCc2c(ncnc2N2CCOc3ccc(-c4cnc5nc(N(C)C(=O)O)[nH]c5c4)cc3C2)C1. The number of nitrogens with one attached hydrogen (secondary N) is 1. The third-order valence-corrected chi connectivity index (χ3v) is 7.48. The summed E-state index contributed by atoms with van der Waals surface area (Å²) < 4.78 is 6.11. The molecule has 0 spiro atoms. The van der Waals surface area contributed by atoms with E-state index in [4.69, 9.17) is 9.72 Å². The van der Waals surface area contributed by atoms with Gasteiger partial charge in [-0.2, -0.15) is 4.98 Å². The van der Waals surface area contributed by atoms with Crippen LogP contribution in [0.15, 0.2) is 36.8 Å². The standard InChI is InChI=1S/C27H29N7O3/c1-3-16-4-6-20-21(10-16)29-15-30-25(20)34-8-9-37-23-7-5-17(11-19(23)14-34)18-12-22-24(28-13-18)32-26(31-22)33(2)27(35)36/h5,7,11-13,15-16H,3-4,6,8-10,14H2,1-2H3,(H,35,36)(H,28,31,32)/t16-/m0/s1. The normalized spacial score (nSPS) is 17.0. The summed E-state index contributed by atoms with van der Waals surface area (Å²) in [7, 11) is 1.44. The number of ether oxygens (including phenoxy) is 1. The molecule has 0 fully saturated rings. The Morgan fingerprint density at radius 3 is 2.97 bits per heavy atom. The van der Waals surface area contributed by atoms with Crippen LogP contribution in [0, 0.1) is 5.92 Å². The quantitative estimate of drug-likeness (QED) is 0.423. The van der Waals surface area contributed by atoms with Crippen LogP contribution in [0.2, 0.25) is 0 Å². The molecule has 0 unspecified atom stereocenters. The highest BCUT2D eigenvalue weighted by Gasteiger charge is 2.26. The number of rotatable bonds is 4. The smallest absolute Gasteiger partial charge is 0.413 e. The van der Waals surface area contributed by atoms with Gasteiger partial charge in [-0.1, -0.05) is 19.4 Å². The van der Waals surface area contributed by atoms with E-state index in [9.17, 15) is 9.90 Å². The predicted molar refractivity (Wildman–Crippen MR) is 140 cm³/mol. The molecule has 4 heterocycles. The molecular formula is C27H29N7O3. The molecule has 0 saturated heterocycles. The van der Waals surface area contributed by atoms with E-state index in [-0.39, 0.29) is 5.95 Å². The number of H-pyrrole nitrogens is 1. The number of pyridine rings is 1. The molecule has 0 saturated carbocycles. The molecule has 10 heteroatoms. The zero-order valence-electron chi connectivity index (χ0n) is 20.9. The summed E-state index contributed by atoms with van der Waals surface area (Å²) in [5, 5.41) is 9.24. The molecule has 0 bridgehead atoms. The minimum absolute atomic E-state index is 0.233. The molecule has 10 nitrogen and oxygen atoms in total. The Morgan fingerprint density at radius 1 is 1.24 bits per heavy atom. The third-order valence-electron chi connectivity index (χ3n) is 7.48. The zero-order valence-corrected chi connectivity index (χ0v) is 20.9. The van der Waals surface area contributed by atoms with Gasteiger partial charge in [0.25, 0.3) is 0 Å². The van der Waals surface area contributed by atoms with Gasteiger partial charge in [0.2, 0.25) is 5.95 Å². The summed E-state index contributed by atoms with van der Waals surface area (Å²) in [6.07, 6.45) is 6.78. The molecule has 1 aliphatic carbocycles. The van der Waals surface area contributed by atoms with Gasteiger partial charge in [-0.25, -0.2) is 19.7 Å². The van der Waals surface area contributed by atoms with Crippen molar-refractivity contribution in [2.45, 2.75) is 39.2 Å². The molecule has 2 N–H and O–H groups in total. The summed E-state index contributed by atoms with van der Waals surface area (Å²) in [5.41, 5.74) is 6.60. The molecule has 1 amide bonds. The van der Waals surface area contributed by atoms with Crippen molar-refractivity contribution in [2.75, 3.05) is 30.0 Å². The highest BCUT2D eigenvalue weighted by Crippen LogP contribution is 2.35. The van der Waals surface area contributed by atoms with Gasteiger partial charge in [0.05, 0.1) is 12.1 Å². The Morgan fingerprint density at radius 2 is 2.14 bits per heavy atom. The molecular weight excluding hydrogens is 470 g/mol. The zero-order chi connectivity index (χ0) is 25.5. The molecule has 2 aliphatic rings. The maximum atomic E-state index is 11.3. The second-order valence-corrected chi connectivity index (χ2v) is 9.73. The summed E-state index contributed by atoms with van der Waals surface area (Å²) in [4.78, 5) is 35.8. The van der Waals surface area contributed by atoms with Gasteiger partial charge in [-0.3, -0.25) is 4.90 Å². The van der Waals surface area contributed by atoms with E-state index in [1.807, 2.05) is 18.2 Å². The highest BCUT2D eigenvalue weighted by atomic mass is 16.5. The number of hydrogen-bond donors (Lipinski definition) is 2. The summed E-state index contributed by atoms with van der Waals surface area (Å²) in [6, 6.07) is 8.11. The topological polar surface area (TPSA) is 120 Å². The van der Waals surface area contributed by atoms with E-state index in [0.717, 1.165) is 52.5 Å². The van der Waals surface area contributed by atoms with Crippen LogP contribution >= 0.6 is 0 Å². The van der Waals surface area contributed by atoms with Crippen LogP contribution in [0.1, 0.15) is 36.6 Å². The maximum Gasteiger partial charge on any atom is 0.413 e. The molecule has 3 aromatic heterocycles. The minimum atomic E-state index is -1.09. The summed E-state index contributed by atoms with van der Waals surface area (Å²) >= 11 is 0. The molecule has 190 valence electrons.